The molecule has 0 aromatic rings. The molecule has 76 heavy (non-hydrogen) atoms. The molecule has 0 saturated heterocycles. The van der Waals surface area contributed by atoms with E-state index in [-0.39, 0.29) is 31.1 Å². The van der Waals surface area contributed by atoms with Crippen LogP contribution < -0.4 is 0 Å². The number of hydrogen-bond donors (Lipinski definition) is 0. The van der Waals surface area contributed by atoms with E-state index in [1.165, 1.54) is 244 Å². The number of hydrogen-bond acceptors (Lipinski definition) is 6. The maximum absolute atomic E-state index is 12.9. The molecule has 0 fully saturated rings. The Bertz CT molecular complexity index is 1310. The zero-order valence-electron chi connectivity index (χ0n) is 51.0. The Kier molecular flexibility index (Phi) is 62.6. The van der Waals surface area contributed by atoms with Crippen molar-refractivity contribution in [2.45, 2.75) is 367 Å². The van der Waals surface area contributed by atoms with Crippen LogP contribution in [0.3, 0.4) is 0 Å². The average molecular weight is 1070 g/mol. The van der Waals surface area contributed by atoms with E-state index in [0.717, 1.165) is 77.0 Å². The van der Waals surface area contributed by atoms with E-state index in [0.29, 0.717) is 19.3 Å². The molecule has 0 N–H and O–H groups in total. The SMILES string of the molecule is CCCCCCC/C=C\C/C=C\C/C=C\CCCCCCCCCCCCCCC(=O)OCC(COC(=O)CCCCCCC/C=C\CCCCCCC)OC(=O)CCCCCCCCCCCCCCCCCCC. The Labute approximate surface area is 473 Å². The summed E-state index contributed by atoms with van der Waals surface area (Å²) in [5, 5.41) is 0. The predicted molar refractivity (Wildman–Crippen MR) is 330 cm³/mol. The second kappa shape index (κ2) is 64.9. The topological polar surface area (TPSA) is 78.9 Å². The molecule has 0 aromatic heterocycles. The molecule has 0 aliphatic carbocycles. The first-order valence-corrected chi connectivity index (χ1v) is 33.6. The molecule has 1 atom stereocenters. The normalized spacial score (nSPS) is 12.3. The van der Waals surface area contributed by atoms with Crippen molar-refractivity contribution in [3.63, 3.8) is 0 Å². The van der Waals surface area contributed by atoms with Gasteiger partial charge in [-0.05, 0) is 83.5 Å². The highest BCUT2D eigenvalue weighted by molar-refractivity contribution is 5.71. The predicted octanol–water partition coefficient (Wildman–Crippen LogP) is 22.9. The molecule has 444 valence electrons. The van der Waals surface area contributed by atoms with E-state index < -0.39 is 6.10 Å². The number of carbonyl (C=O) groups excluding carboxylic acids is 3. The fraction of sp³-hybridized carbons (Fsp3) is 0.843. The number of esters is 3. The van der Waals surface area contributed by atoms with Gasteiger partial charge in [-0.25, -0.2) is 0 Å². The number of rotatable bonds is 62. The smallest absolute Gasteiger partial charge is 0.306 e. The summed E-state index contributed by atoms with van der Waals surface area (Å²) in [6.07, 6.45) is 81.2. The van der Waals surface area contributed by atoms with E-state index in [9.17, 15) is 14.4 Å². The Morgan fingerprint density at radius 2 is 0.474 bits per heavy atom. The fourth-order valence-electron chi connectivity index (χ4n) is 9.98. The molecular formula is C70H128O6. The van der Waals surface area contributed by atoms with Crippen LogP contribution in [0.2, 0.25) is 0 Å². The van der Waals surface area contributed by atoms with Crippen LogP contribution in [0.5, 0.6) is 0 Å². The van der Waals surface area contributed by atoms with Crippen molar-refractivity contribution in [2.75, 3.05) is 13.2 Å². The lowest BCUT2D eigenvalue weighted by Crippen LogP contribution is -2.30. The molecule has 0 heterocycles. The van der Waals surface area contributed by atoms with E-state index in [1.807, 2.05) is 0 Å². The first-order chi connectivity index (χ1) is 37.5. The highest BCUT2D eigenvalue weighted by atomic mass is 16.6. The molecule has 1 unspecified atom stereocenters. The van der Waals surface area contributed by atoms with Gasteiger partial charge in [-0.15, -0.1) is 0 Å². The highest BCUT2D eigenvalue weighted by Gasteiger charge is 2.19. The summed E-state index contributed by atoms with van der Waals surface area (Å²) in [6.45, 7) is 6.67. The van der Waals surface area contributed by atoms with Crippen molar-refractivity contribution in [3.05, 3.63) is 48.6 Å². The second-order valence-corrected chi connectivity index (χ2v) is 22.7. The van der Waals surface area contributed by atoms with E-state index in [1.54, 1.807) is 0 Å². The van der Waals surface area contributed by atoms with Gasteiger partial charge >= 0.3 is 17.9 Å². The molecule has 0 amide bonds. The van der Waals surface area contributed by atoms with Crippen LogP contribution in [0.1, 0.15) is 361 Å². The lowest BCUT2D eigenvalue weighted by atomic mass is 10.0. The van der Waals surface area contributed by atoms with E-state index >= 15 is 0 Å². The third kappa shape index (κ3) is 62.2. The zero-order valence-corrected chi connectivity index (χ0v) is 51.0. The van der Waals surface area contributed by atoms with Crippen LogP contribution in [0.15, 0.2) is 48.6 Å². The van der Waals surface area contributed by atoms with E-state index in [4.69, 9.17) is 14.2 Å². The largest absolute Gasteiger partial charge is 0.462 e. The maximum Gasteiger partial charge on any atom is 0.306 e. The first-order valence-electron chi connectivity index (χ1n) is 33.6. The summed E-state index contributed by atoms with van der Waals surface area (Å²) in [6, 6.07) is 0. The second-order valence-electron chi connectivity index (χ2n) is 22.7. The number of carbonyl (C=O) groups is 3. The Morgan fingerprint density at radius 1 is 0.263 bits per heavy atom. The van der Waals surface area contributed by atoms with Gasteiger partial charge in [-0.2, -0.15) is 0 Å². The van der Waals surface area contributed by atoms with Gasteiger partial charge in [-0.3, -0.25) is 14.4 Å². The van der Waals surface area contributed by atoms with Crippen molar-refractivity contribution in [2.24, 2.45) is 0 Å². The molecule has 0 saturated carbocycles. The van der Waals surface area contributed by atoms with Gasteiger partial charge < -0.3 is 14.2 Å². The monoisotopic (exact) mass is 1060 g/mol. The molecule has 0 aliphatic rings. The van der Waals surface area contributed by atoms with E-state index in [2.05, 4.69) is 69.4 Å². The van der Waals surface area contributed by atoms with Crippen LogP contribution in [0.4, 0.5) is 0 Å². The van der Waals surface area contributed by atoms with Gasteiger partial charge in [0.2, 0.25) is 0 Å². The molecule has 0 rings (SSSR count). The Hall–Kier alpha value is -2.63. The summed E-state index contributed by atoms with van der Waals surface area (Å²) in [4.78, 5) is 38.3. The Morgan fingerprint density at radius 3 is 0.750 bits per heavy atom. The molecule has 6 nitrogen and oxygen atoms in total. The van der Waals surface area contributed by atoms with Crippen LogP contribution in [-0.4, -0.2) is 37.2 Å². The van der Waals surface area contributed by atoms with Crippen molar-refractivity contribution in [1.29, 1.82) is 0 Å². The van der Waals surface area contributed by atoms with Gasteiger partial charge in [0.1, 0.15) is 13.2 Å². The van der Waals surface area contributed by atoms with Gasteiger partial charge in [0.05, 0.1) is 0 Å². The zero-order chi connectivity index (χ0) is 55.0. The molecule has 0 aromatic carbocycles. The van der Waals surface area contributed by atoms with Gasteiger partial charge in [0, 0.05) is 19.3 Å². The van der Waals surface area contributed by atoms with Crippen molar-refractivity contribution >= 4 is 17.9 Å². The first kappa shape index (κ1) is 73.4. The highest BCUT2D eigenvalue weighted by Crippen LogP contribution is 2.17. The molecule has 0 aliphatic heterocycles. The molecule has 0 radical (unpaired) electrons. The summed E-state index contributed by atoms with van der Waals surface area (Å²) < 4.78 is 17.0. The van der Waals surface area contributed by atoms with Gasteiger partial charge in [0.15, 0.2) is 6.10 Å². The van der Waals surface area contributed by atoms with Crippen molar-refractivity contribution in [1.82, 2.24) is 0 Å². The van der Waals surface area contributed by atoms with Gasteiger partial charge in [0.25, 0.3) is 0 Å². The Balaban J connectivity index is 4.25. The third-order valence-corrected chi connectivity index (χ3v) is 15.1. The fourth-order valence-corrected chi connectivity index (χ4v) is 9.98. The summed E-state index contributed by atoms with van der Waals surface area (Å²) in [5.74, 6) is -0.859. The lowest BCUT2D eigenvalue weighted by molar-refractivity contribution is -0.167. The molecule has 0 spiro atoms. The minimum Gasteiger partial charge on any atom is -0.462 e. The maximum atomic E-state index is 12.9. The average Bonchev–Trinajstić information content (AvgIpc) is 3.42. The lowest BCUT2D eigenvalue weighted by Gasteiger charge is -2.18. The molecule has 0 bridgehead atoms. The van der Waals surface area contributed by atoms with Crippen LogP contribution >= 0.6 is 0 Å². The standard InChI is InChI=1S/C70H128O6/c1-4-7-10-13-16-19-22-25-28-30-31-32-33-34-35-36-37-38-39-41-42-45-48-51-54-57-60-63-69(72)75-66-67(65-74-68(71)62-59-56-53-50-47-44-27-24-21-18-15-12-9-6-3)76-70(73)64-61-58-55-52-49-46-43-40-29-26-23-20-17-14-11-8-5-2/h22,24-25,27,30-31,33-34,67H,4-21,23,26,28-29,32,35-66H2,1-3H3/b25-22-,27-24-,31-30-,34-33-. The number of unbranched alkanes of at least 4 members (excludes halogenated alkanes) is 43. The molecule has 6 heteroatoms. The number of allylic oxidation sites excluding steroid dienone is 8. The number of ether oxygens (including phenoxy) is 3. The van der Waals surface area contributed by atoms with Crippen molar-refractivity contribution in [3.8, 4) is 0 Å². The van der Waals surface area contributed by atoms with Crippen LogP contribution in [-0.2, 0) is 28.6 Å². The summed E-state index contributed by atoms with van der Waals surface area (Å²) in [5.41, 5.74) is 0. The summed E-state index contributed by atoms with van der Waals surface area (Å²) >= 11 is 0. The minimum absolute atomic E-state index is 0.0725. The molecular weight excluding hydrogens is 937 g/mol. The summed E-state index contributed by atoms with van der Waals surface area (Å²) in [7, 11) is 0. The van der Waals surface area contributed by atoms with Crippen LogP contribution in [0.25, 0.3) is 0 Å². The van der Waals surface area contributed by atoms with Crippen molar-refractivity contribution < 1.29 is 28.6 Å². The van der Waals surface area contributed by atoms with Gasteiger partial charge in [-0.1, -0.05) is 307 Å². The van der Waals surface area contributed by atoms with Crippen LogP contribution in [0, 0.1) is 0 Å². The quantitative estimate of drug-likeness (QED) is 0.0261. The third-order valence-electron chi connectivity index (χ3n) is 15.1. The minimum atomic E-state index is -0.775.